The molecule has 3 rings (SSSR count). The molecule has 0 atom stereocenters. The number of hydrogen-bond donors (Lipinski definition) is 1. The van der Waals surface area contributed by atoms with Crippen molar-refractivity contribution in [1.82, 2.24) is 40.5 Å². The van der Waals surface area contributed by atoms with E-state index in [1.807, 2.05) is 4.90 Å². The van der Waals surface area contributed by atoms with Crippen molar-refractivity contribution in [2.75, 3.05) is 44.1 Å². The minimum atomic E-state index is -0.176. The van der Waals surface area contributed by atoms with E-state index in [0.717, 1.165) is 0 Å². The van der Waals surface area contributed by atoms with E-state index in [1.165, 1.54) is 23.6 Å². The fraction of sp³-hybridized carbons (Fsp3) is 0.615. The highest BCUT2D eigenvalue weighted by Gasteiger charge is 2.17. The Labute approximate surface area is 153 Å². The Morgan fingerprint density at radius 1 is 1.31 bits per heavy atom. The Morgan fingerprint density at radius 3 is 2.81 bits per heavy atom. The molecule has 1 saturated heterocycles. The maximum Gasteiger partial charge on any atom is 0.321 e. The van der Waals surface area contributed by atoms with E-state index in [-0.39, 0.29) is 24.2 Å². The molecule has 26 heavy (non-hydrogen) atoms. The van der Waals surface area contributed by atoms with Crippen molar-refractivity contribution in [3.8, 4) is 6.01 Å². The summed E-state index contributed by atoms with van der Waals surface area (Å²) >= 11 is 1.25. The Balaban J connectivity index is 1.57. The fourth-order valence-electron chi connectivity index (χ4n) is 2.16. The summed E-state index contributed by atoms with van der Waals surface area (Å²) in [6.45, 7) is 2.80. The summed E-state index contributed by atoms with van der Waals surface area (Å²) < 4.78 is 12.0. The number of morpholine rings is 1. The predicted octanol–water partition coefficient (Wildman–Crippen LogP) is -1.35. The molecule has 1 amide bonds. The SMILES string of the molecule is COc1nc(CNC(=O)CSc2nnnn2C)nc(N2CCOCC2)n1. The number of aromatic nitrogens is 7. The molecule has 0 saturated carbocycles. The highest BCUT2D eigenvalue weighted by molar-refractivity contribution is 7.99. The molecule has 1 aliphatic heterocycles. The van der Waals surface area contributed by atoms with E-state index in [4.69, 9.17) is 9.47 Å². The molecule has 12 nitrogen and oxygen atoms in total. The molecule has 2 aromatic rings. The van der Waals surface area contributed by atoms with Crippen molar-refractivity contribution in [3.05, 3.63) is 5.82 Å². The van der Waals surface area contributed by atoms with Crippen LogP contribution >= 0.6 is 11.8 Å². The number of methoxy groups -OCH3 is 1. The van der Waals surface area contributed by atoms with Gasteiger partial charge in [0.15, 0.2) is 5.82 Å². The van der Waals surface area contributed by atoms with Crippen LogP contribution in [0.25, 0.3) is 0 Å². The van der Waals surface area contributed by atoms with Crippen LogP contribution in [0.15, 0.2) is 5.16 Å². The lowest BCUT2D eigenvalue weighted by atomic mass is 10.4. The number of nitrogens with one attached hydrogen (secondary N) is 1. The first-order valence-electron chi connectivity index (χ1n) is 7.89. The van der Waals surface area contributed by atoms with E-state index in [1.54, 1.807) is 7.05 Å². The summed E-state index contributed by atoms with van der Waals surface area (Å²) in [5.74, 6) is 0.957. The topological polar surface area (TPSA) is 133 Å². The first kappa shape index (κ1) is 18.3. The van der Waals surface area contributed by atoms with Crippen LogP contribution in [0.2, 0.25) is 0 Å². The summed E-state index contributed by atoms with van der Waals surface area (Å²) in [6, 6.07) is 0.213. The summed E-state index contributed by atoms with van der Waals surface area (Å²) in [4.78, 5) is 26.9. The van der Waals surface area contributed by atoms with E-state index in [9.17, 15) is 4.79 Å². The smallest absolute Gasteiger partial charge is 0.321 e. The quantitative estimate of drug-likeness (QED) is 0.571. The van der Waals surface area contributed by atoms with Gasteiger partial charge in [0.25, 0.3) is 0 Å². The van der Waals surface area contributed by atoms with E-state index < -0.39 is 0 Å². The standard InChI is InChI=1S/C13H19N9O3S/c1-21-13(18-19-20-21)26-8-10(23)14-7-9-15-11(17-12(16-9)24-2)22-3-5-25-6-4-22/h3-8H2,1-2H3,(H,14,23). The van der Waals surface area contributed by atoms with Gasteiger partial charge in [0.1, 0.15) is 0 Å². The van der Waals surface area contributed by atoms with Crippen LogP contribution in [0.1, 0.15) is 5.82 Å². The Kier molecular flexibility index (Phi) is 6.12. The molecule has 0 radical (unpaired) electrons. The highest BCUT2D eigenvalue weighted by Crippen LogP contribution is 2.14. The third-order valence-corrected chi connectivity index (χ3v) is 4.49. The average Bonchev–Trinajstić information content (AvgIpc) is 3.10. The molecule has 2 aromatic heterocycles. The van der Waals surface area contributed by atoms with Crippen LogP contribution in [-0.2, 0) is 23.1 Å². The van der Waals surface area contributed by atoms with Gasteiger partial charge in [-0.1, -0.05) is 11.8 Å². The van der Waals surface area contributed by atoms with E-state index >= 15 is 0 Å². The molecule has 3 heterocycles. The average molecular weight is 381 g/mol. The number of hydrogen-bond acceptors (Lipinski definition) is 11. The molecule has 140 valence electrons. The Hall–Kier alpha value is -2.54. The molecule has 0 aromatic carbocycles. The summed E-state index contributed by atoms with van der Waals surface area (Å²) in [6.07, 6.45) is 0. The van der Waals surface area contributed by atoms with Gasteiger partial charge in [-0.05, 0) is 10.4 Å². The number of rotatable bonds is 7. The van der Waals surface area contributed by atoms with Gasteiger partial charge in [0.05, 0.1) is 32.6 Å². The fourth-order valence-corrected chi connectivity index (χ4v) is 2.84. The van der Waals surface area contributed by atoms with Crippen LogP contribution in [0, 0.1) is 0 Å². The molecule has 0 aliphatic carbocycles. The molecular formula is C13H19N9O3S. The molecule has 0 bridgehead atoms. The Bertz CT molecular complexity index is 750. The second-order valence-electron chi connectivity index (χ2n) is 5.29. The zero-order valence-electron chi connectivity index (χ0n) is 14.5. The van der Waals surface area contributed by atoms with Gasteiger partial charge in [-0.25, -0.2) is 4.68 Å². The molecule has 13 heteroatoms. The Morgan fingerprint density at radius 2 is 2.12 bits per heavy atom. The summed E-state index contributed by atoms with van der Waals surface area (Å²) in [7, 11) is 3.21. The normalized spacial score (nSPS) is 14.3. The van der Waals surface area contributed by atoms with Gasteiger partial charge in [0, 0.05) is 20.1 Å². The van der Waals surface area contributed by atoms with Crippen LogP contribution in [0.4, 0.5) is 5.95 Å². The minimum absolute atomic E-state index is 0.173. The summed E-state index contributed by atoms with van der Waals surface area (Å²) in [5, 5.41) is 14.4. The molecule has 1 aliphatic rings. The van der Waals surface area contributed by atoms with Crippen LogP contribution in [-0.4, -0.2) is 80.2 Å². The molecular weight excluding hydrogens is 362 g/mol. The lowest BCUT2D eigenvalue weighted by Gasteiger charge is -2.26. The number of carbonyl (C=O) groups excluding carboxylic acids is 1. The van der Waals surface area contributed by atoms with E-state index in [0.29, 0.717) is 43.2 Å². The van der Waals surface area contributed by atoms with Crippen molar-refractivity contribution in [2.24, 2.45) is 7.05 Å². The summed E-state index contributed by atoms with van der Waals surface area (Å²) in [5.41, 5.74) is 0. The van der Waals surface area contributed by atoms with Crippen LogP contribution in [0.3, 0.4) is 0 Å². The molecule has 0 spiro atoms. The zero-order chi connectivity index (χ0) is 18.4. The van der Waals surface area contributed by atoms with Crippen molar-refractivity contribution in [1.29, 1.82) is 0 Å². The van der Waals surface area contributed by atoms with E-state index in [2.05, 4.69) is 35.8 Å². The van der Waals surface area contributed by atoms with Gasteiger partial charge in [-0.3, -0.25) is 4.79 Å². The maximum absolute atomic E-state index is 12.0. The van der Waals surface area contributed by atoms with Crippen molar-refractivity contribution in [3.63, 3.8) is 0 Å². The number of carbonyl (C=O) groups is 1. The zero-order valence-corrected chi connectivity index (χ0v) is 15.3. The maximum atomic E-state index is 12.0. The van der Waals surface area contributed by atoms with Crippen molar-refractivity contribution >= 4 is 23.6 Å². The predicted molar refractivity (Wildman–Crippen MR) is 90.8 cm³/mol. The lowest BCUT2D eigenvalue weighted by molar-refractivity contribution is -0.118. The number of ether oxygens (including phenoxy) is 2. The van der Waals surface area contributed by atoms with Crippen molar-refractivity contribution in [2.45, 2.75) is 11.7 Å². The van der Waals surface area contributed by atoms with Gasteiger partial charge in [-0.2, -0.15) is 15.0 Å². The lowest BCUT2D eigenvalue weighted by Crippen LogP contribution is -2.37. The molecule has 0 unspecified atom stereocenters. The largest absolute Gasteiger partial charge is 0.467 e. The number of tetrazole rings is 1. The third kappa shape index (κ3) is 4.76. The van der Waals surface area contributed by atoms with Gasteiger partial charge in [-0.15, -0.1) is 5.10 Å². The van der Waals surface area contributed by atoms with Crippen LogP contribution < -0.4 is 15.0 Å². The molecule has 1 N–H and O–H groups in total. The number of aryl methyl sites for hydroxylation is 1. The number of thioether (sulfide) groups is 1. The first-order chi connectivity index (χ1) is 12.7. The monoisotopic (exact) mass is 381 g/mol. The number of amides is 1. The first-order valence-corrected chi connectivity index (χ1v) is 8.88. The van der Waals surface area contributed by atoms with Crippen LogP contribution in [0.5, 0.6) is 6.01 Å². The van der Waals surface area contributed by atoms with Gasteiger partial charge in [0.2, 0.25) is 17.0 Å². The van der Waals surface area contributed by atoms with Gasteiger partial charge < -0.3 is 19.7 Å². The second kappa shape index (κ2) is 8.71. The van der Waals surface area contributed by atoms with Crippen molar-refractivity contribution < 1.29 is 14.3 Å². The highest BCUT2D eigenvalue weighted by atomic mass is 32.2. The number of anilines is 1. The van der Waals surface area contributed by atoms with Gasteiger partial charge >= 0.3 is 6.01 Å². The second-order valence-corrected chi connectivity index (χ2v) is 6.23. The number of nitrogens with zero attached hydrogens (tertiary/aromatic N) is 8. The minimum Gasteiger partial charge on any atom is -0.467 e. The third-order valence-electron chi connectivity index (χ3n) is 3.48. The molecule has 1 fully saturated rings.